The molecule has 3 heterocycles. The van der Waals surface area contributed by atoms with Crippen molar-refractivity contribution in [3.05, 3.63) is 78.6 Å². The highest BCUT2D eigenvalue weighted by Crippen LogP contribution is 2.37. The molecule has 0 saturated carbocycles. The van der Waals surface area contributed by atoms with Crippen molar-refractivity contribution in [1.29, 1.82) is 0 Å². The van der Waals surface area contributed by atoms with Gasteiger partial charge in [0.15, 0.2) is 0 Å². The Balaban J connectivity index is 1.54. The molecule has 0 bridgehead atoms. The van der Waals surface area contributed by atoms with E-state index in [0.717, 1.165) is 5.56 Å². The molecule has 2 aliphatic heterocycles. The standard InChI is InChI=1S/C23H24N4O3S/c28-31(29)22-10-5-4-9-21(22)30-20-12-16-26(23-24-13-6-14-25-23)15-11-19(20)27(31)17-18-7-2-1-3-8-18/h1-10,13-14,19-20H,11-12,15-17H2/t19-,20-/m0/s1. The Morgan fingerprint density at radius 3 is 2.42 bits per heavy atom. The lowest BCUT2D eigenvalue weighted by molar-refractivity contribution is 0.111. The lowest BCUT2D eigenvalue weighted by Gasteiger charge is -2.31. The second kappa shape index (κ2) is 8.28. The molecule has 1 saturated heterocycles. The number of hydrogen-bond acceptors (Lipinski definition) is 6. The number of fused-ring (bicyclic) bond motifs is 2. The van der Waals surface area contributed by atoms with Gasteiger partial charge >= 0.3 is 0 Å². The third kappa shape index (κ3) is 3.88. The van der Waals surface area contributed by atoms with Crippen molar-refractivity contribution < 1.29 is 13.2 Å². The van der Waals surface area contributed by atoms with Gasteiger partial charge in [-0.25, -0.2) is 18.4 Å². The summed E-state index contributed by atoms with van der Waals surface area (Å²) in [4.78, 5) is 11.1. The van der Waals surface area contributed by atoms with Crippen molar-refractivity contribution >= 4 is 16.0 Å². The van der Waals surface area contributed by atoms with Crippen LogP contribution < -0.4 is 9.64 Å². The number of para-hydroxylation sites is 1. The van der Waals surface area contributed by atoms with Crippen LogP contribution in [0, 0.1) is 0 Å². The van der Waals surface area contributed by atoms with Crippen LogP contribution in [0.25, 0.3) is 0 Å². The van der Waals surface area contributed by atoms with Crippen molar-refractivity contribution in [2.24, 2.45) is 0 Å². The molecule has 1 fully saturated rings. The van der Waals surface area contributed by atoms with Gasteiger partial charge in [-0.15, -0.1) is 0 Å². The minimum Gasteiger partial charge on any atom is -0.487 e. The van der Waals surface area contributed by atoms with Crippen LogP contribution in [-0.4, -0.2) is 47.9 Å². The molecule has 0 unspecified atom stereocenters. The van der Waals surface area contributed by atoms with Gasteiger partial charge in [0.05, 0.1) is 6.04 Å². The van der Waals surface area contributed by atoms with Crippen LogP contribution in [-0.2, 0) is 16.6 Å². The van der Waals surface area contributed by atoms with E-state index in [1.54, 1.807) is 41.0 Å². The molecular formula is C23H24N4O3S. The Kier molecular flexibility index (Phi) is 5.33. The quantitative estimate of drug-likeness (QED) is 0.628. The van der Waals surface area contributed by atoms with Crippen LogP contribution in [0.5, 0.6) is 5.75 Å². The van der Waals surface area contributed by atoms with E-state index in [-0.39, 0.29) is 17.0 Å². The zero-order valence-corrected chi connectivity index (χ0v) is 17.9. The average Bonchev–Trinajstić information content (AvgIpc) is 3.05. The van der Waals surface area contributed by atoms with E-state index in [4.69, 9.17) is 4.74 Å². The maximum atomic E-state index is 13.8. The zero-order valence-electron chi connectivity index (χ0n) is 17.0. The van der Waals surface area contributed by atoms with Gasteiger partial charge in [0.1, 0.15) is 16.7 Å². The molecule has 31 heavy (non-hydrogen) atoms. The van der Waals surface area contributed by atoms with Crippen LogP contribution in [0.4, 0.5) is 5.95 Å². The van der Waals surface area contributed by atoms with Crippen molar-refractivity contribution in [3.8, 4) is 5.75 Å². The van der Waals surface area contributed by atoms with Gasteiger partial charge in [0, 0.05) is 38.4 Å². The van der Waals surface area contributed by atoms with Crippen LogP contribution in [0.15, 0.2) is 78.0 Å². The number of ether oxygens (including phenoxy) is 1. The number of sulfonamides is 1. The Morgan fingerprint density at radius 1 is 0.903 bits per heavy atom. The summed E-state index contributed by atoms with van der Waals surface area (Å²) in [6.45, 7) is 1.67. The Labute approximate surface area is 182 Å². The zero-order chi connectivity index (χ0) is 21.3. The smallest absolute Gasteiger partial charge is 0.247 e. The first kappa shape index (κ1) is 20.0. The molecule has 1 aromatic heterocycles. The van der Waals surface area contributed by atoms with Crippen LogP contribution in [0.2, 0.25) is 0 Å². The van der Waals surface area contributed by atoms with Crippen LogP contribution in [0.3, 0.4) is 0 Å². The summed E-state index contributed by atoms with van der Waals surface area (Å²) in [6, 6.07) is 18.2. The highest BCUT2D eigenvalue weighted by atomic mass is 32.2. The maximum absolute atomic E-state index is 13.8. The highest BCUT2D eigenvalue weighted by Gasteiger charge is 2.43. The van der Waals surface area contributed by atoms with Gasteiger partial charge < -0.3 is 9.64 Å². The van der Waals surface area contributed by atoms with Crippen molar-refractivity contribution in [2.45, 2.75) is 36.4 Å². The van der Waals surface area contributed by atoms with E-state index in [0.29, 0.717) is 44.2 Å². The van der Waals surface area contributed by atoms with E-state index >= 15 is 0 Å². The van der Waals surface area contributed by atoms with Gasteiger partial charge in [-0.3, -0.25) is 0 Å². The SMILES string of the molecule is O=S1(=O)c2ccccc2O[C@H]2CCN(c3ncccn3)CC[C@@H]2N1Cc1ccccc1. The van der Waals surface area contributed by atoms with Crippen molar-refractivity contribution in [3.63, 3.8) is 0 Å². The molecule has 0 spiro atoms. The Morgan fingerprint density at radius 2 is 1.61 bits per heavy atom. The highest BCUT2D eigenvalue weighted by molar-refractivity contribution is 7.89. The Bertz CT molecular complexity index is 1140. The number of anilines is 1. The number of nitrogens with zero attached hydrogens (tertiary/aromatic N) is 4. The summed E-state index contributed by atoms with van der Waals surface area (Å²) in [5.41, 5.74) is 0.955. The lowest BCUT2D eigenvalue weighted by atomic mass is 10.1. The van der Waals surface area contributed by atoms with Gasteiger partial charge in [-0.1, -0.05) is 42.5 Å². The first-order chi connectivity index (χ1) is 15.1. The van der Waals surface area contributed by atoms with E-state index in [2.05, 4.69) is 14.9 Å². The molecule has 0 amide bonds. The largest absolute Gasteiger partial charge is 0.487 e. The van der Waals surface area contributed by atoms with E-state index in [1.807, 2.05) is 36.4 Å². The number of hydrogen-bond donors (Lipinski definition) is 0. The lowest BCUT2D eigenvalue weighted by Crippen LogP contribution is -2.46. The van der Waals surface area contributed by atoms with Gasteiger partial charge in [-0.05, 0) is 30.2 Å². The number of benzene rings is 2. The summed E-state index contributed by atoms with van der Waals surface area (Å²) in [7, 11) is -3.73. The maximum Gasteiger partial charge on any atom is 0.247 e. The summed E-state index contributed by atoms with van der Waals surface area (Å²) in [5, 5.41) is 0. The predicted octanol–water partition coefficient (Wildman–Crippen LogP) is 3.10. The van der Waals surface area contributed by atoms with E-state index in [1.165, 1.54) is 0 Å². The summed E-state index contributed by atoms with van der Waals surface area (Å²) in [5.74, 6) is 1.09. The predicted molar refractivity (Wildman–Crippen MR) is 117 cm³/mol. The Hall–Kier alpha value is -2.97. The van der Waals surface area contributed by atoms with Crippen LogP contribution >= 0.6 is 0 Å². The summed E-state index contributed by atoms with van der Waals surface area (Å²) >= 11 is 0. The first-order valence-electron chi connectivity index (χ1n) is 10.5. The molecule has 160 valence electrons. The summed E-state index contributed by atoms with van der Waals surface area (Å²) in [6.07, 6.45) is 4.51. The monoisotopic (exact) mass is 436 g/mol. The molecule has 2 aliphatic rings. The summed E-state index contributed by atoms with van der Waals surface area (Å²) < 4.78 is 35.5. The third-order valence-electron chi connectivity index (χ3n) is 5.91. The first-order valence-corrected chi connectivity index (χ1v) is 11.9. The fraction of sp³-hybridized carbons (Fsp3) is 0.304. The molecule has 2 atom stereocenters. The fourth-order valence-corrected chi connectivity index (χ4v) is 6.17. The normalized spacial score (nSPS) is 23.0. The average molecular weight is 437 g/mol. The van der Waals surface area contributed by atoms with Gasteiger partial charge in [-0.2, -0.15) is 4.31 Å². The molecule has 0 aliphatic carbocycles. The molecule has 7 nitrogen and oxygen atoms in total. The van der Waals surface area contributed by atoms with E-state index < -0.39 is 10.0 Å². The minimum atomic E-state index is -3.73. The molecule has 8 heteroatoms. The fourth-order valence-electron chi connectivity index (χ4n) is 4.38. The third-order valence-corrected chi connectivity index (χ3v) is 7.82. The number of rotatable bonds is 3. The molecule has 0 radical (unpaired) electrons. The van der Waals surface area contributed by atoms with Gasteiger partial charge in [0.25, 0.3) is 0 Å². The van der Waals surface area contributed by atoms with E-state index in [9.17, 15) is 8.42 Å². The van der Waals surface area contributed by atoms with Gasteiger partial charge in [0.2, 0.25) is 16.0 Å². The van der Waals surface area contributed by atoms with Crippen molar-refractivity contribution in [1.82, 2.24) is 14.3 Å². The van der Waals surface area contributed by atoms with Crippen LogP contribution in [0.1, 0.15) is 18.4 Å². The van der Waals surface area contributed by atoms with Crippen molar-refractivity contribution in [2.75, 3.05) is 18.0 Å². The molecule has 5 rings (SSSR count). The topological polar surface area (TPSA) is 75.6 Å². The molecule has 0 N–H and O–H groups in total. The second-order valence-corrected chi connectivity index (χ2v) is 9.68. The number of aromatic nitrogens is 2. The minimum absolute atomic E-state index is 0.238. The second-order valence-electron chi connectivity index (χ2n) is 7.82. The molecule has 3 aromatic rings. The molecule has 2 aromatic carbocycles. The molecular weight excluding hydrogens is 412 g/mol.